The summed E-state index contributed by atoms with van der Waals surface area (Å²) in [6.07, 6.45) is 4.18. The number of amides is 2. The molecule has 0 aliphatic heterocycles. The zero-order valence-corrected chi connectivity index (χ0v) is 15.8. The maximum Gasteiger partial charge on any atom is 0.326 e. The van der Waals surface area contributed by atoms with E-state index in [-0.39, 0.29) is 11.3 Å². The van der Waals surface area contributed by atoms with Gasteiger partial charge < -0.3 is 15.9 Å². The lowest BCUT2D eigenvalue weighted by Crippen LogP contribution is -2.29. The molecule has 0 atom stereocenters. The number of aromatic nitrogens is 1. The molecule has 2 aromatic rings. The van der Waals surface area contributed by atoms with E-state index in [1.165, 1.54) is 0 Å². The molecule has 4 N–H and O–H groups in total. The van der Waals surface area contributed by atoms with Crippen LogP contribution in [0, 0.1) is 5.41 Å². The number of oxime groups is 1. The van der Waals surface area contributed by atoms with Crippen LogP contribution in [-0.2, 0) is 4.84 Å². The van der Waals surface area contributed by atoms with Crippen LogP contribution in [0.15, 0.2) is 59.7 Å². The number of nitrogens with one attached hydrogen (secondary N) is 2. The molecule has 0 aliphatic carbocycles. The van der Waals surface area contributed by atoms with Gasteiger partial charge in [-0.15, -0.1) is 0 Å². The number of anilines is 2. The van der Waals surface area contributed by atoms with Crippen molar-refractivity contribution in [3.63, 3.8) is 0 Å². The molecule has 0 radical (unpaired) electrons. The molecule has 1 aromatic heterocycles. The molecule has 0 spiro atoms. The van der Waals surface area contributed by atoms with E-state index in [0.717, 1.165) is 11.1 Å². The van der Waals surface area contributed by atoms with Crippen molar-refractivity contribution in [3.8, 4) is 11.1 Å². The fourth-order valence-corrected chi connectivity index (χ4v) is 2.18. The fraction of sp³-hybridized carbons (Fsp3) is 0.250. The number of nitrogens with zero attached hydrogens (tertiary/aromatic N) is 2. The molecule has 2 amide bonds. The maximum atomic E-state index is 12.2. The summed E-state index contributed by atoms with van der Waals surface area (Å²) in [7, 11) is 0. The third-order valence-corrected chi connectivity index (χ3v) is 3.56. The largest absolute Gasteiger partial charge is 0.384 e. The molecule has 0 saturated carbocycles. The number of pyridine rings is 1. The second kappa shape index (κ2) is 8.84. The van der Waals surface area contributed by atoms with Crippen LogP contribution in [0.2, 0.25) is 0 Å². The van der Waals surface area contributed by atoms with Crippen molar-refractivity contribution in [2.24, 2.45) is 10.6 Å². The molecule has 142 valence electrons. The third kappa shape index (κ3) is 6.81. The summed E-state index contributed by atoms with van der Waals surface area (Å²) >= 11 is 0. The van der Waals surface area contributed by atoms with Gasteiger partial charge in [0.05, 0.1) is 0 Å². The Morgan fingerprint density at radius 1 is 1.22 bits per heavy atom. The molecule has 0 aliphatic rings. The van der Waals surface area contributed by atoms with E-state index in [0.29, 0.717) is 17.9 Å². The minimum atomic E-state index is -0.430. The Hall–Kier alpha value is -3.35. The summed E-state index contributed by atoms with van der Waals surface area (Å²) < 4.78 is 0. The van der Waals surface area contributed by atoms with Gasteiger partial charge in [-0.1, -0.05) is 38.1 Å². The Kier molecular flexibility index (Phi) is 6.54. The average Bonchev–Trinajstić information content (AvgIpc) is 2.61. The summed E-state index contributed by atoms with van der Waals surface area (Å²) in [5.41, 5.74) is 8.21. The lowest BCUT2D eigenvalue weighted by Gasteiger charge is -2.16. The van der Waals surface area contributed by atoms with Gasteiger partial charge in [0.1, 0.15) is 5.82 Å². The molecule has 0 saturated heterocycles. The van der Waals surface area contributed by atoms with Crippen molar-refractivity contribution in [1.29, 1.82) is 0 Å². The van der Waals surface area contributed by atoms with Crippen molar-refractivity contribution in [2.45, 2.75) is 27.2 Å². The first-order chi connectivity index (χ1) is 12.8. The Bertz CT molecular complexity index is 806. The maximum absolute atomic E-state index is 12.2. The Morgan fingerprint density at radius 3 is 2.44 bits per heavy atom. The minimum absolute atomic E-state index is 0.0563. The van der Waals surface area contributed by atoms with Gasteiger partial charge in [-0.05, 0) is 47.7 Å². The van der Waals surface area contributed by atoms with Crippen molar-refractivity contribution in [2.75, 3.05) is 11.1 Å². The van der Waals surface area contributed by atoms with Crippen LogP contribution in [-0.4, -0.2) is 17.7 Å². The number of nitrogens with two attached hydrogens (primary N) is 1. The second-order valence-electron chi connectivity index (χ2n) is 7.18. The number of hydrogen-bond donors (Lipinski definition) is 3. The summed E-state index contributed by atoms with van der Waals surface area (Å²) in [4.78, 5) is 21.3. The molecule has 0 unspecified atom stereocenters. The smallest absolute Gasteiger partial charge is 0.326 e. The summed E-state index contributed by atoms with van der Waals surface area (Å²) in [6.45, 7) is 9.53. The predicted octanol–water partition coefficient (Wildman–Crippen LogP) is 4.36. The predicted molar refractivity (Wildman–Crippen MR) is 109 cm³/mol. The minimum Gasteiger partial charge on any atom is -0.384 e. The van der Waals surface area contributed by atoms with Crippen LogP contribution in [0.5, 0.6) is 0 Å². The van der Waals surface area contributed by atoms with E-state index >= 15 is 0 Å². The quantitative estimate of drug-likeness (QED) is 0.401. The number of benzene rings is 1. The van der Waals surface area contributed by atoms with Crippen molar-refractivity contribution >= 4 is 24.3 Å². The van der Waals surface area contributed by atoms with Crippen LogP contribution in [0.25, 0.3) is 11.1 Å². The molecule has 0 fully saturated rings. The molecular weight excluding hydrogens is 342 g/mol. The summed E-state index contributed by atoms with van der Waals surface area (Å²) in [5.74, 6) is 0.710. The molecule has 7 heteroatoms. The zero-order valence-electron chi connectivity index (χ0n) is 15.8. The van der Waals surface area contributed by atoms with Crippen LogP contribution < -0.4 is 16.4 Å². The number of carbonyl (C=O) groups excluding carboxylic acids is 1. The molecule has 2 rings (SSSR count). The molecule has 7 nitrogen and oxygen atoms in total. The van der Waals surface area contributed by atoms with Crippen LogP contribution in [0.4, 0.5) is 16.3 Å². The SMILES string of the molecule is C=NO/C(=C\CC(C)(C)C)NC(=O)Nc1ccc(-c2ccc(N)nc2)cc1. The molecule has 27 heavy (non-hydrogen) atoms. The lowest BCUT2D eigenvalue weighted by molar-refractivity contribution is 0.200. The van der Waals surface area contributed by atoms with E-state index in [1.807, 2.05) is 18.2 Å². The number of allylic oxidation sites excluding steroid dienone is 1. The topological polar surface area (TPSA) is 102 Å². The summed E-state index contributed by atoms with van der Waals surface area (Å²) in [5, 5.41) is 8.74. The van der Waals surface area contributed by atoms with Crippen molar-refractivity contribution < 1.29 is 9.63 Å². The molecule has 0 bridgehead atoms. The Balaban J connectivity index is 1.99. The third-order valence-electron chi connectivity index (χ3n) is 3.56. The number of rotatable bonds is 6. The van der Waals surface area contributed by atoms with E-state index in [2.05, 4.69) is 48.3 Å². The first-order valence-corrected chi connectivity index (χ1v) is 8.50. The van der Waals surface area contributed by atoms with Crippen LogP contribution in [0.3, 0.4) is 0 Å². The normalized spacial score (nSPS) is 11.6. The van der Waals surface area contributed by atoms with Gasteiger partial charge >= 0.3 is 6.03 Å². The van der Waals surface area contributed by atoms with Crippen LogP contribution >= 0.6 is 0 Å². The summed E-state index contributed by atoms with van der Waals surface area (Å²) in [6, 6.07) is 10.6. The molecule has 1 aromatic carbocycles. The van der Waals surface area contributed by atoms with Crippen LogP contribution in [0.1, 0.15) is 27.2 Å². The highest BCUT2D eigenvalue weighted by atomic mass is 16.6. The van der Waals surface area contributed by atoms with Crippen molar-refractivity contribution in [3.05, 3.63) is 54.6 Å². The van der Waals surface area contributed by atoms with E-state index in [4.69, 9.17) is 10.6 Å². The highest BCUT2D eigenvalue weighted by Gasteiger charge is 2.11. The highest BCUT2D eigenvalue weighted by Crippen LogP contribution is 2.22. The number of hydrogen-bond acceptors (Lipinski definition) is 5. The second-order valence-corrected chi connectivity index (χ2v) is 7.18. The number of urea groups is 1. The molecule has 1 heterocycles. The Labute approximate surface area is 159 Å². The molecular formula is C20H25N5O2. The highest BCUT2D eigenvalue weighted by molar-refractivity contribution is 5.90. The van der Waals surface area contributed by atoms with Crippen molar-refractivity contribution in [1.82, 2.24) is 10.3 Å². The Morgan fingerprint density at radius 2 is 1.89 bits per heavy atom. The van der Waals surface area contributed by atoms with Gasteiger partial charge in [0.2, 0.25) is 5.88 Å². The van der Waals surface area contributed by atoms with Gasteiger partial charge in [-0.3, -0.25) is 5.32 Å². The lowest BCUT2D eigenvalue weighted by atomic mass is 9.92. The van der Waals surface area contributed by atoms with Gasteiger partial charge in [-0.2, -0.15) is 0 Å². The van der Waals surface area contributed by atoms with Gasteiger partial charge in [0, 0.05) is 24.2 Å². The van der Waals surface area contributed by atoms with Gasteiger partial charge in [-0.25, -0.2) is 9.78 Å². The number of carbonyl (C=O) groups is 1. The van der Waals surface area contributed by atoms with E-state index in [1.54, 1.807) is 30.5 Å². The monoisotopic (exact) mass is 367 g/mol. The first-order valence-electron chi connectivity index (χ1n) is 8.50. The van der Waals surface area contributed by atoms with Gasteiger partial charge in [0.15, 0.2) is 0 Å². The standard InChI is InChI=1S/C20H25N5O2/c1-20(2,3)12-11-18(27-22-4)25-19(26)24-16-8-5-14(6-9-16)15-7-10-17(21)23-13-15/h5-11,13H,4,12H2,1-3H3,(H2,21,23)(H2,24,25,26)/b18-11-. The fourth-order valence-electron chi connectivity index (χ4n) is 2.18. The first kappa shape index (κ1) is 20.0. The van der Waals surface area contributed by atoms with Gasteiger partial charge in [0.25, 0.3) is 0 Å². The zero-order chi connectivity index (χ0) is 19.9. The van der Waals surface area contributed by atoms with E-state index in [9.17, 15) is 4.79 Å². The average molecular weight is 367 g/mol. The number of nitrogen functional groups attached to an aromatic ring is 1. The van der Waals surface area contributed by atoms with E-state index < -0.39 is 6.03 Å².